The predicted molar refractivity (Wildman–Crippen MR) is 131 cm³/mol. The fourth-order valence-electron chi connectivity index (χ4n) is 4.34. The van der Waals surface area contributed by atoms with Gasteiger partial charge in [-0.05, 0) is 56.9 Å². The van der Waals surface area contributed by atoms with Crippen LogP contribution in [0.1, 0.15) is 37.1 Å². The molecule has 5 rings (SSSR count). The molecule has 9 nitrogen and oxygen atoms in total. The van der Waals surface area contributed by atoms with Crippen molar-refractivity contribution in [1.82, 2.24) is 20.3 Å². The molecule has 1 fully saturated rings. The summed E-state index contributed by atoms with van der Waals surface area (Å²) in [6.07, 6.45) is 3.73. The molecule has 0 spiro atoms. The van der Waals surface area contributed by atoms with E-state index in [-0.39, 0.29) is 11.9 Å². The molecule has 3 heterocycles. The number of aryl methyl sites for hydroxylation is 1. The summed E-state index contributed by atoms with van der Waals surface area (Å²) in [5.74, 6) is 0.582. The van der Waals surface area contributed by atoms with Crippen LogP contribution in [0.25, 0.3) is 11.0 Å². The lowest BCUT2D eigenvalue weighted by Gasteiger charge is -2.35. The molecule has 0 atom stereocenters. The van der Waals surface area contributed by atoms with Crippen LogP contribution < -0.4 is 16.0 Å². The molecule has 2 aromatic heterocycles. The fourth-order valence-corrected chi connectivity index (χ4v) is 5.10. The molecular weight excluding hydrogens is 452 g/mol. The van der Waals surface area contributed by atoms with Crippen molar-refractivity contribution < 1.29 is 14.7 Å². The molecule has 1 saturated carbocycles. The maximum Gasteiger partial charge on any atom is 0.256 e. The van der Waals surface area contributed by atoms with Crippen molar-refractivity contribution >= 4 is 46.1 Å². The summed E-state index contributed by atoms with van der Waals surface area (Å²) in [5, 5.41) is 20.2. The van der Waals surface area contributed by atoms with Crippen molar-refractivity contribution in [3.8, 4) is 0 Å². The zero-order valence-corrected chi connectivity index (χ0v) is 19.6. The molecule has 0 saturated heterocycles. The van der Waals surface area contributed by atoms with E-state index in [1.54, 1.807) is 12.3 Å². The zero-order valence-electron chi connectivity index (χ0n) is 18.8. The van der Waals surface area contributed by atoms with Gasteiger partial charge in [-0.15, -0.1) is 11.8 Å². The van der Waals surface area contributed by atoms with E-state index in [9.17, 15) is 14.7 Å². The number of anilines is 2. The van der Waals surface area contributed by atoms with Gasteiger partial charge in [0.15, 0.2) is 0 Å². The van der Waals surface area contributed by atoms with Gasteiger partial charge in [-0.3, -0.25) is 14.6 Å². The minimum absolute atomic E-state index is 0.0365. The van der Waals surface area contributed by atoms with E-state index in [2.05, 4.69) is 30.9 Å². The second-order valence-electron chi connectivity index (χ2n) is 8.81. The number of para-hydroxylation sites is 1. The monoisotopic (exact) mass is 478 g/mol. The Morgan fingerprint density at radius 2 is 2.06 bits per heavy atom. The maximum atomic E-state index is 13.0. The first-order valence-electron chi connectivity index (χ1n) is 11.3. The van der Waals surface area contributed by atoms with Crippen LogP contribution in [-0.4, -0.2) is 49.3 Å². The van der Waals surface area contributed by atoms with Crippen LogP contribution in [0.4, 0.5) is 11.5 Å². The molecule has 1 aliphatic carbocycles. The van der Waals surface area contributed by atoms with Crippen LogP contribution >= 0.6 is 11.8 Å². The van der Waals surface area contributed by atoms with E-state index in [4.69, 9.17) is 0 Å². The molecule has 0 radical (unpaired) electrons. The lowest BCUT2D eigenvalue weighted by atomic mass is 9.81. The van der Waals surface area contributed by atoms with Crippen LogP contribution in [0.3, 0.4) is 0 Å². The van der Waals surface area contributed by atoms with Crippen molar-refractivity contribution in [1.29, 1.82) is 0 Å². The predicted octanol–water partition coefficient (Wildman–Crippen LogP) is 2.78. The van der Waals surface area contributed by atoms with Gasteiger partial charge in [0, 0.05) is 18.8 Å². The number of carbonyl (C=O) groups excluding carboxylic acids is 2. The maximum absolute atomic E-state index is 13.0. The number of rotatable bonds is 5. The third-order valence-electron chi connectivity index (χ3n) is 6.28. The first-order valence-corrected chi connectivity index (χ1v) is 12.3. The smallest absolute Gasteiger partial charge is 0.256 e. The Bertz CT molecular complexity index is 1260. The number of hydrogen-bond acceptors (Lipinski definition) is 8. The average molecular weight is 479 g/mol. The number of nitrogens with one attached hydrogen (secondary N) is 3. The molecule has 1 aromatic carbocycles. The normalized spacial score (nSPS) is 22.2. The fraction of sp³-hybridized carbons (Fsp3) is 0.375. The molecule has 2 aliphatic rings. The highest BCUT2D eigenvalue weighted by Crippen LogP contribution is 2.32. The number of fused-ring (bicyclic) bond motifs is 2. The highest BCUT2D eigenvalue weighted by Gasteiger charge is 2.40. The number of carbonyl (C=O) groups is 2. The molecular formula is C24H26N6O3S. The molecule has 3 aromatic rings. The highest BCUT2D eigenvalue weighted by molar-refractivity contribution is 8.00. The van der Waals surface area contributed by atoms with Gasteiger partial charge in [0.05, 0.1) is 33.2 Å². The van der Waals surface area contributed by atoms with Crippen LogP contribution in [0, 0.1) is 6.92 Å². The SMILES string of the molecule is Cc1cnc2cccc(NC(=O)[C@]3(O)CC[C@@H](NCc4ccc5c(n4)NC(=O)CS5)CC3)c2n1. The zero-order chi connectivity index (χ0) is 23.7. The van der Waals surface area contributed by atoms with Gasteiger partial charge in [0.2, 0.25) is 5.91 Å². The molecule has 2 amide bonds. The summed E-state index contributed by atoms with van der Waals surface area (Å²) in [5.41, 5.74) is 2.03. The van der Waals surface area contributed by atoms with Gasteiger partial charge in [0.25, 0.3) is 5.91 Å². The molecule has 1 aliphatic heterocycles. The summed E-state index contributed by atoms with van der Waals surface area (Å²) in [6.45, 7) is 2.40. The number of aliphatic hydroxyl groups is 1. The molecule has 10 heteroatoms. The number of pyridine rings is 1. The van der Waals surface area contributed by atoms with Crippen molar-refractivity contribution in [2.45, 2.75) is 55.7 Å². The molecule has 0 unspecified atom stereocenters. The second-order valence-corrected chi connectivity index (χ2v) is 9.83. The van der Waals surface area contributed by atoms with Crippen LogP contribution in [0.15, 0.2) is 41.4 Å². The Labute approximate surface area is 201 Å². The minimum atomic E-state index is -1.43. The van der Waals surface area contributed by atoms with Gasteiger partial charge < -0.3 is 21.1 Å². The van der Waals surface area contributed by atoms with Gasteiger partial charge in [0.1, 0.15) is 16.9 Å². The number of amides is 2. The largest absolute Gasteiger partial charge is 0.380 e. The second kappa shape index (κ2) is 9.28. The van der Waals surface area contributed by atoms with Crippen LogP contribution in [0.2, 0.25) is 0 Å². The summed E-state index contributed by atoms with van der Waals surface area (Å²) in [4.78, 5) is 39.0. The summed E-state index contributed by atoms with van der Waals surface area (Å²) in [6, 6.07) is 9.53. The third kappa shape index (κ3) is 4.75. The van der Waals surface area contributed by atoms with Crippen LogP contribution in [-0.2, 0) is 16.1 Å². The minimum Gasteiger partial charge on any atom is -0.380 e. The van der Waals surface area contributed by atoms with Gasteiger partial charge in [-0.2, -0.15) is 0 Å². The topological polar surface area (TPSA) is 129 Å². The van der Waals surface area contributed by atoms with E-state index < -0.39 is 11.5 Å². The van der Waals surface area contributed by atoms with Crippen molar-refractivity contribution in [2.24, 2.45) is 0 Å². The van der Waals surface area contributed by atoms with E-state index in [0.717, 1.165) is 16.3 Å². The molecule has 176 valence electrons. The van der Waals surface area contributed by atoms with E-state index >= 15 is 0 Å². The standard InChI is InChI=1S/C24H26N6O3S/c1-14-11-26-17-3-2-4-18(21(17)27-14)29-23(32)24(33)9-7-15(8-10-24)25-12-16-5-6-19-22(28-16)30-20(31)13-34-19/h2-6,11,15,25,33H,7-10,12-13H2,1H3,(H,29,32)(H,28,30,31)/t15-,24+. The average Bonchev–Trinajstić information content (AvgIpc) is 2.84. The first-order chi connectivity index (χ1) is 16.4. The van der Waals surface area contributed by atoms with Gasteiger partial charge >= 0.3 is 0 Å². The van der Waals surface area contributed by atoms with E-state index in [1.165, 1.54) is 11.8 Å². The molecule has 4 N–H and O–H groups in total. The Kier molecular flexibility index (Phi) is 6.20. The van der Waals surface area contributed by atoms with Crippen molar-refractivity contribution in [3.05, 3.63) is 47.9 Å². The van der Waals surface area contributed by atoms with E-state index in [1.807, 2.05) is 31.2 Å². The third-order valence-corrected chi connectivity index (χ3v) is 7.33. The number of thioether (sulfide) groups is 1. The Hall–Kier alpha value is -3.08. The van der Waals surface area contributed by atoms with Crippen LogP contribution in [0.5, 0.6) is 0 Å². The highest BCUT2D eigenvalue weighted by atomic mass is 32.2. The van der Waals surface area contributed by atoms with Crippen molar-refractivity contribution in [2.75, 3.05) is 16.4 Å². The Morgan fingerprint density at radius 3 is 2.88 bits per heavy atom. The summed E-state index contributed by atoms with van der Waals surface area (Å²) in [7, 11) is 0. The Balaban J connectivity index is 1.18. The summed E-state index contributed by atoms with van der Waals surface area (Å²) >= 11 is 1.49. The summed E-state index contributed by atoms with van der Waals surface area (Å²) < 4.78 is 0. The lowest BCUT2D eigenvalue weighted by Crippen LogP contribution is -2.48. The number of nitrogens with zero attached hydrogens (tertiary/aromatic N) is 3. The number of benzene rings is 1. The van der Waals surface area contributed by atoms with Gasteiger partial charge in [-0.25, -0.2) is 9.97 Å². The van der Waals surface area contributed by atoms with E-state index in [0.29, 0.717) is 60.5 Å². The Morgan fingerprint density at radius 1 is 1.24 bits per heavy atom. The molecule has 0 bridgehead atoms. The quantitative estimate of drug-likeness (QED) is 0.441. The lowest BCUT2D eigenvalue weighted by molar-refractivity contribution is -0.137. The van der Waals surface area contributed by atoms with Gasteiger partial charge in [-0.1, -0.05) is 6.07 Å². The molecule has 34 heavy (non-hydrogen) atoms. The number of aromatic nitrogens is 3. The number of hydrogen-bond donors (Lipinski definition) is 4. The van der Waals surface area contributed by atoms with Crippen molar-refractivity contribution in [3.63, 3.8) is 0 Å². The first kappa shape index (κ1) is 22.7.